The number of hydrogen-bond donors (Lipinski definition) is 1. The van der Waals surface area contributed by atoms with Gasteiger partial charge in [-0.3, -0.25) is 9.69 Å². The van der Waals surface area contributed by atoms with Gasteiger partial charge in [-0.05, 0) is 12.8 Å². The van der Waals surface area contributed by atoms with Crippen LogP contribution in [0.1, 0.15) is 39.5 Å². The molecule has 0 aromatic heterocycles. The van der Waals surface area contributed by atoms with Crippen LogP contribution < -0.4 is 5.32 Å². The molecule has 1 saturated heterocycles. The van der Waals surface area contributed by atoms with Crippen molar-refractivity contribution >= 4 is 5.91 Å². The van der Waals surface area contributed by atoms with E-state index < -0.39 is 0 Å². The molecule has 0 spiro atoms. The van der Waals surface area contributed by atoms with Gasteiger partial charge in [-0.15, -0.1) is 0 Å². The van der Waals surface area contributed by atoms with Gasteiger partial charge >= 0.3 is 0 Å². The molecule has 1 aliphatic carbocycles. The van der Waals surface area contributed by atoms with Gasteiger partial charge in [0, 0.05) is 38.3 Å². The molecule has 0 radical (unpaired) electrons. The molecule has 1 amide bonds. The van der Waals surface area contributed by atoms with Crippen LogP contribution in [0.15, 0.2) is 0 Å². The molecule has 104 valence electrons. The fourth-order valence-electron chi connectivity index (χ4n) is 3.01. The smallest absolute Gasteiger partial charge is 0.236 e. The maximum Gasteiger partial charge on any atom is 0.236 e. The predicted molar refractivity (Wildman–Crippen MR) is 73.5 cm³/mol. The number of rotatable bonds is 4. The normalized spacial score (nSPS) is 22.9. The van der Waals surface area contributed by atoms with E-state index >= 15 is 0 Å². The molecule has 0 atom stereocenters. The summed E-state index contributed by atoms with van der Waals surface area (Å²) in [5.41, 5.74) is 0. The highest BCUT2D eigenvalue weighted by molar-refractivity contribution is 5.78. The minimum absolute atomic E-state index is 0.259. The minimum atomic E-state index is 0.259. The summed E-state index contributed by atoms with van der Waals surface area (Å²) in [5.74, 6) is 0.259. The van der Waals surface area contributed by atoms with Crippen LogP contribution in [-0.4, -0.2) is 60.5 Å². The Morgan fingerprint density at radius 1 is 1.17 bits per heavy atom. The van der Waals surface area contributed by atoms with Gasteiger partial charge in [0.1, 0.15) is 0 Å². The predicted octanol–water partition coefficient (Wildman–Crippen LogP) is 1.07. The zero-order chi connectivity index (χ0) is 13.0. The lowest BCUT2D eigenvalue weighted by Crippen LogP contribution is -2.53. The summed E-state index contributed by atoms with van der Waals surface area (Å²) >= 11 is 0. The van der Waals surface area contributed by atoms with Crippen LogP contribution in [-0.2, 0) is 4.79 Å². The van der Waals surface area contributed by atoms with Crippen LogP contribution in [0.2, 0.25) is 0 Å². The van der Waals surface area contributed by atoms with Crippen molar-refractivity contribution in [1.82, 2.24) is 15.1 Å². The number of amides is 1. The monoisotopic (exact) mass is 253 g/mol. The topological polar surface area (TPSA) is 35.6 Å². The first kappa shape index (κ1) is 13.8. The van der Waals surface area contributed by atoms with Crippen molar-refractivity contribution in [3.63, 3.8) is 0 Å². The number of carbonyl (C=O) groups is 1. The average molecular weight is 253 g/mol. The van der Waals surface area contributed by atoms with Crippen LogP contribution in [0, 0.1) is 0 Å². The second kappa shape index (κ2) is 6.53. The molecule has 4 heteroatoms. The van der Waals surface area contributed by atoms with E-state index in [9.17, 15) is 4.79 Å². The van der Waals surface area contributed by atoms with E-state index in [1.807, 2.05) is 4.90 Å². The number of nitrogens with one attached hydrogen (secondary N) is 1. The Balaban J connectivity index is 1.70. The third-order valence-electron chi connectivity index (χ3n) is 4.17. The lowest BCUT2D eigenvalue weighted by molar-refractivity contribution is -0.132. The molecule has 2 aliphatic rings. The van der Waals surface area contributed by atoms with Crippen LogP contribution in [0.4, 0.5) is 0 Å². The van der Waals surface area contributed by atoms with Gasteiger partial charge in [-0.1, -0.05) is 26.7 Å². The van der Waals surface area contributed by atoms with E-state index in [1.54, 1.807) is 0 Å². The fraction of sp³-hybridized carbons (Fsp3) is 0.929. The van der Waals surface area contributed by atoms with Gasteiger partial charge in [-0.2, -0.15) is 0 Å². The van der Waals surface area contributed by atoms with E-state index in [1.165, 1.54) is 25.7 Å². The summed E-state index contributed by atoms with van der Waals surface area (Å²) in [4.78, 5) is 16.6. The van der Waals surface area contributed by atoms with Crippen molar-refractivity contribution < 1.29 is 4.79 Å². The van der Waals surface area contributed by atoms with Crippen molar-refractivity contribution in [1.29, 1.82) is 0 Å². The number of piperazine rings is 1. The second-order valence-electron chi connectivity index (χ2n) is 5.89. The summed E-state index contributed by atoms with van der Waals surface area (Å²) in [6.07, 6.45) is 5.51. The molecule has 2 rings (SSSR count). The highest BCUT2D eigenvalue weighted by Crippen LogP contribution is 2.24. The molecule has 0 aromatic carbocycles. The largest absolute Gasteiger partial charge is 0.339 e. The minimum Gasteiger partial charge on any atom is -0.339 e. The number of hydrogen-bond acceptors (Lipinski definition) is 3. The van der Waals surface area contributed by atoms with E-state index in [2.05, 4.69) is 24.1 Å². The summed E-state index contributed by atoms with van der Waals surface area (Å²) in [7, 11) is 0. The van der Waals surface area contributed by atoms with Crippen LogP contribution in [0.5, 0.6) is 0 Å². The molecule has 2 fully saturated rings. The molecule has 1 heterocycles. The Labute approximate surface area is 111 Å². The Kier molecular flexibility index (Phi) is 5.01. The number of nitrogens with zero attached hydrogens (tertiary/aromatic N) is 2. The molecule has 1 saturated carbocycles. The average Bonchev–Trinajstić information content (AvgIpc) is 2.90. The lowest BCUT2D eigenvalue weighted by Gasteiger charge is -2.38. The Hall–Kier alpha value is -0.610. The standard InChI is InChI=1S/C14H27N3O/c1-12(2)15-11-14(18)17-9-7-16(8-10-17)13-5-3-4-6-13/h12-13,15H,3-11H2,1-2H3. The van der Waals surface area contributed by atoms with E-state index in [-0.39, 0.29) is 5.91 Å². The molecule has 1 N–H and O–H groups in total. The van der Waals surface area contributed by atoms with Crippen molar-refractivity contribution in [2.24, 2.45) is 0 Å². The Morgan fingerprint density at radius 2 is 1.78 bits per heavy atom. The molecule has 4 nitrogen and oxygen atoms in total. The van der Waals surface area contributed by atoms with Crippen molar-refractivity contribution in [2.45, 2.75) is 51.6 Å². The second-order valence-corrected chi connectivity index (χ2v) is 5.89. The molecular formula is C14H27N3O. The van der Waals surface area contributed by atoms with Crippen molar-refractivity contribution in [2.75, 3.05) is 32.7 Å². The fourth-order valence-corrected chi connectivity index (χ4v) is 3.01. The van der Waals surface area contributed by atoms with Crippen LogP contribution in [0.25, 0.3) is 0 Å². The van der Waals surface area contributed by atoms with Crippen molar-refractivity contribution in [3.05, 3.63) is 0 Å². The highest BCUT2D eigenvalue weighted by atomic mass is 16.2. The molecule has 18 heavy (non-hydrogen) atoms. The number of carbonyl (C=O) groups excluding carboxylic acids is 1. The zero-order valence-corrected chi connectivity index (χ0v) is 11.8. The first-order chi connectivity index (χ1) is 8.66. The highest BCUT2D eigenvalue weighted by Gasteiger charge is 2.27. The van der Waals surface area contributed by atoms with Gasteiger partial charge in [0.25, 0.3) is 0 Å². The first-order valence-corrected chi connectivity index (χ1v) is 7.42. The Morgan fingerprint density at radius 3 is 2.33 bits per heavy atom. The van der Waals surface area contributed by atoms with Gasteiger partial charge in [0.2, 0.25) is 5.91 Å². The van der Waals surface area contributed by atoms with Crippen molar-refractivity contribution in [3.8, 4) is 0 Å². The van der Waals surface area contributed by atoms with Gasteiger partial charge in [0.05, 0.1) is 6.54 Å². The molecular weight excluding hydrogens is 226 g/mol. The molecule has 1 aliphatic heterocycles. The van der Waals surface area contributed by atoms with E-state index in [4.69, 9.17) is 0 Å². The summed E-state index contributed by atoms with van der Waals surface area (Å²) in [5, 5.41) is 3.20. The molecule has 0 unspecified atom stereocenters. The quantitative estimate of drug-likeness (QED) is 0.814. The van der Waals surface area contributed by atoms with Crippen LogP contribution in [0.3, 0.4) is 0 Å². The van der Waals surface area contributed by atoms with Gasteiger partial charge in [-0.25, -0.2) is 0 Å². The first-order valence-electron chi connectivity index (χ1n) is 7.42. The SMILES string of the molecule is CC(C)NCC(=O)N1CCN(C2CCCC2)CC1. The summed E-state index contributed by atoms with van der Waals surface area (Å²) in [6, 6.07) is 1.18. The van der Waals surface area contributed by atoms with Crippen LogP contribution >= 0.6 is 0 Å². The third-order valence-corrected chi connectivity index (χ3v) is 4.17. The summed E-state index contributed by atoms with van der Waals surface area (Å²) in [6.45, 7) is 8.60. The van der Waals surface area contributed by atoms with Gasteiger partial charge in [0.15, 0.2) is 0 Å². The third kappa shape index (κ3) is 3.69. The Bertz CT molecular complexity index is 266. The van der Waals surface area contributed by atoms with E-state index in [0.29, 0.717) is 12.6 Å². The maximum atomic E-state index is 12.0. The molecule has 0 bridgehead atoms. The van der Waals surface area contributed by atoms with Gasteiger partial charge < -0.3 is 10.2 Å². The molecule has 0 aromatic rings. The summed E-state index contributed by atoms with van der Waals surface area (Å²) < 4.78 is 0. The maximum absolute atomic E-state index is 12.0. The lowest BCUT2D eigenvalue weighted by atomic mass is 10.2. The zero-order valence-electron chi connectivity index (χ0n) is 11.8. The van der Waals surface area contributed by atoms with E-state index in [0.717, 1.165) is 32.2 Å².